The Bertz CT molecular complexity index is 369. The normalized spacial score (nSPS) is 38.6. The van der Waals surface area contributed by atoms with Gasteiger partial charge in [0, 0.05) is 5.92 Å². The summed E-state index contributed by atoms with van der Waals surface area (Å²) in [5.41, 5.74) is -0.167. The minimum absolute atomic E-state index is 0.0564. The van der Waals surface area contributed by atoms with Crippen LogP contribution in [0.2, 0.25) is 0 Å². The fourth-order valence-electron chi connectivity index (χ4n) is 3.21. The first-order chi connectivity index (χ1) is 7.75. The van der Waals surface area contributed by atoms with E-state index in [9.17, 15) is 18.3 Å². The van der Waals surface area contributed by atoms with Crippen molar-refractivity contribution in [3.63, 3.8) is 0 Å². The zero-order valence-corrected chi connectivity index (χ0v) is 9.85. The van der Waals surface area contributed by atoms with Crippen LogP contribution in [0.4, 0.5) is 13.2 Å². The molecule has 4 heteroatoms. The third-order valence-corrected chi connectivity index (χ3v) is 4.06. The van der Waals surface area contributed by atoms with Gasteiger partial charge >= 0.3 is 6.18 Å². The summed E-state index contributed by atoms with van der Waals surface area (Å²) in [6.07, 6.45) is -1.30. The minimum atomic E-state index is -4.35. The van der Waals surface area contributed by atoms with Gasteiger partial charge in [-0.15, -0.1) is 0 Å². The molecule has 96 valence electrons. The molecule has 0 aliphatic heterocycles. The van der Waals surface area contributed by atoms with Crippen molar-refractivity contribution in [2.45, 2.75) is 44.4 Å². The highest BCUT2D eigenvalue weighted by atomic mass is 19.4. The fraction of sp³-hybridized carbons (Fsp3) is 0.692. The van der Waals surface area contributed by atoms with Crippen molar-refractivity contribution < 1.29 is 18.3 Å². The van der Waals surface area contributed by atoms with E-state index in [2.05, 4.69) is 6.58 Å². The van der Waals surface area contributed by atoms with Crippen molar-refractivity contribution in [1.82, 2.24) is 0 Å². The molecule has 1 saturated carbocycles. The van der Waals surface area contributed by atoms with E-state index in [1.165, 1.54) is 6.08 Å². The number of rotatable bonds is 0. The van der Waals surface area contributed by atoms with Gasteiger partial charge in [-0.3, -0.25) is 0 Å². The van der Waals surface area contributed by atoms with Gasteiger partial charge in [0.15, 0.2) is 0 Å². The molecule has 0 aromatic rings. The van der Waals surface area contributed by atoms with E-state index >= 15 is 0 Å². The Balaban J connectivity index is 2.44. The molecule has 1 nitrogen and oxygen atoms in total. The molecule has 2 aliphatic carbocycles. The zero-order chi connectivity index (χ0) is 12.8. The second-order valence-electron chi connectivity index (χ2n) is 5.26. The van der Waals surface area contributed by atoms with E-state index < -0.39 is 23.6 Å². The third-order valence-electron chi connectivity index (χ3n) is 4.06. The number of fused-ring (bicyclic) bond motifs is 1. The lowest BCUT2D eigenvalue weighted by atomic mass is 9.61. The molecule has 0 heterocycles. The molecular weight excluding hydrogens is 229 g/mol. The average molecular weight is 246 g/mol. The summed E-state index contributed by atoms with van der Waals surface area (Å²) < 4.78 is 39.0. The van der Waals surface area contributed by atoms with Gasteiger partial charge < -0.3 is 5.11 Å². The van der Waals surface area contributed by atoms with Crippen molar-refractivity contribution in [1.29, 1.82) is 0 Å². The van der Waals surface area contributed by atoms with Gasteiger partial charge in [0.25, 0.3) is 0 Å². The van der Waals surface area contributed by atoms with Crippen LogP contribution in [-0.4, -0.2) is 16.9 Å². The van der Waals surface area contributed by atoms with Gasteiger partial charge in [-0.1, -0.05) is 23.8 Å². The molecular formula is C13H17F3O. The van der Waals surface area contributed by atoms with Crippen LogP contribution in [0.15, 0.2) is 23.8 Å². The summed E-state index contributed by atoms with van der Waals surface area (Å²) in [6, 6.07) is 0. The molecule has 3 atom stereocenters. The fourth-order valence-corrected chi connectivity index (χ4v) is 3.21. The number of hydrogen-bond acceptors (Lipinski definition) is 1. The predicted molar refractivity (Wildman–Crippen MR) is 59.3 cm³/mol. The lowest BCUT2D eigenvalue weighted by Gasteiger charge is -2.48. The summed E-state index contributed by atoms with van der Waals surface area (Å²) in [6.45, 7) is 5.61. The number of allylic oxidation sites excluding steroid dienone is 1. The minimum Gasteiger partial charge on any atom is -0.385 e. The van der Waals surface area contributed by atoms with Crippen molar-refractivity contribution in [3.05, 3.63) is 23.8 Å². The Kier molecular flexibility index (Phi) is 2.89. The van der Waals surface area contributed by atoms with Gasteiger partial charge in [0.1, 0.15) is 5.60 Å². The highest BCUT2D eigenvalue weighted by molar-refractivity contribution is 5.27. The predicted octanol–water partition coefficient (Wildman–Crippen LogP) is 3.60. The van der Waals surface area contributed by atoms with Crippen LogP contribution in [0, 0.1) is 11.8 Å². The number of halogens is 3. The molecule has 2 rings (SSSR count). The van der Waals surface area contributed by atoms with Crippen LogP contribution in [0.1, 0.15) is 32.6 Å². The van der Waals surface area contributed by atoms with Gasteiger partial charge in [0.2, 0.25) is 0 Å². The quantitative estimate of drug-likeness (QED) is 0.647. The van der Waals surface area contributed by atoms with E-state index in [1.807, 2.05) is 0 Å². The van der Waals surface area contributed by atoms with Gasteiger partial charge in [0.05, 0.1) is 5.92 Å². The standard InChI is InChI=1S/C13H17F3O/c1-8-3-5-10-9(2)4-6-11(13(14,15)16)12(10,17)7-8/h7,10-11,17H,2-6H2,1H3/t10-,11+,12?/m1/s1. The highest BCUT2D eigenvalue weighted by Gasteiger charge is 2.58. The van der Waals surface area contributed by atoms with Crippen molar-refractivity contribution in [2.75, 3.05) is 0 Å². The summed E-state index contributed by atoms with van der Waals surface area (Å²) in [7, 11) is 0. The highest BCUT2D eigenvalue weighted by Crippen LogP contribution is 2.52. The first kappa shape index (κ1) is 12.7. The van der Waals surface area contributed by atoms with Gasteiger partial charge in [-0.25, -0.2) is 0 Å². The summed E-state index contributed by atoms with van der Waals surface area (Å²) in [4.78, 5) is 0. The maximum Gasteiger partial charge on any atom is 0.394 e. The van der Waals surface area contributed by atoms with Crippen molar-refractivity contribution >= 4 is 0 Å². The molecule has 0 aromatic heterocycles. The van der Waals surface area contributed by atoms with Gasteiger partial charge in [-0.05, 0) is 32.6 Å². The topological polar surface area (TPSA) is 20.2 Å². The third kappa shape index (κ3) is 2.03. The zero-order valence-electron chi connectivity index (χ0n) is 9.85. The Labute approximate surface area is 99.0 Å². The van der Waals surface area contributed by atoms with Crippen LogP contribution in [0.5, 0.6) is 0 Å². The van der Waals surface area contributed by atoms with Crippen LogP contribution in [-0.2, 0) is 0 Å². The van der Waals surface area contributed by atoms with E-state index in [-0.39, 0.29) is 6.42 Å². The second kappa shape index (κ2) is 3.87. The number of hydrogen-bond donors (Lipinski definition) is 1. The molecule has 0 bridgehead atoms. The summed E-state index contributed by atoms with van der Waals surface area (Å²) in [5.74, 6) is -2.09. The van der Waals surface area contributed by atoms with Crippen LogP contribution in [0.25, 0.3) is 0 Å². The van der Waals surface area contributed by atoms with Gasteiger partial charge in [-0.2, -0.15) is 13.2 Å². The Morgan fingerprint density at radius 3 is 2.59 bits per heavy atom. The number of alkyl halides is 3. The molecule has 0 saturated heterocycles. The summed E-state index contributed by atoms with van der Waals surface area (Å²) >= 11 is 0. The second-order valence-corrected chi connectivity index (χ2v) is 5.26. The lowest BCUT2D eigenvalue weighted by Crippen LogP contribution is -2.54. The Hall–Kier alpha value is -0.770. The monoisotopic (exact) mass is 246 g/mol. The van der Waals surface area contributed by atoms with E-state index in [4.69, 9.17) is 0 Å². The molecule has 0 amide bonds. The molecule has 2 aliphatic rings. The number of aliphatic hydroxyl groups is 1. The van der Waals surface area contributed by atoms with Crippen LogP contribution in [0.3, 0.4) is 0 Å². The molecule has 1 N–H and O–H groups in total. The smallest absolute Gasteiger partial charge is 0.385 e. The largest absolute Gasteiger partial charge is 0.394 e. The van der Waals surface area contributed by atoms with Crippen molar-refractivity contribution in [2.24, 2.45) is 11.8 Å². The first-order valence-electron chi connectivity index (χ1n) is 5.90. The summed E-state index contributed by atoms with van der Waals surface area (Å²) in [5, 5.41) is 10.5. The lowest BCUT2D eigenvalue weighted by molar-refractivity contribution is -0.232. The first-order valence-corrected chi connectivity index (χ1v) is 5.90. The maximum atomic E-state index is 13.0. The molecule has 1 unspecified atom stereocenters. The SMILES string of the molecule is C=C1CC[C@H](C(F)(F)F)C2(O)C=C(C)CC[C@H]12. The average Bonchev–Trinajstić information content (AvgIpc) is 2.13. The maximum absolute atomic E-state index is 13.0. The molecule has 0 spiro atoms. The van der Waals surface area contributed by atoms with Crippen molar-refractivity contribution in [3.8, 4) is 0 Å². The molecule has 17 heavy (non-hydrogen) atoms. The Morgan fingerprint density at radius 2 is 2.00 bits per heavy atom. The molecule has 0 radical (unpaired) electrons. The van der Waals surface area contributed by atoms with E-state index in [0.29, 0.717) is 12.8 Å². The van der Waals surface area contributed by atoms with Crippen LogP contribution >= 0.6 is 0 Å². The molecule has 0 aromatic carbocycles. The van der Waals surface area contributed by atoms with Crippen LogP contribution < -0.4 is 0 Å². The van der Waals surface area contributed by atoms with E-state index in [1.54, 1.807) is 6.92 Å². The Morgan fingerprint density at radius 1 is 1.35 bits per heavy atom. The van der Waals surface area contributed by atoms with E-state index in [0.717, 1.165) is 17.6 Å². The molecule has 1 fully saturated rings.